The molecule has 0 fully saturated rings. The van der Waals surface area contributed by atoms with Crippen molar-refractivity contribution >= 4 is 5.82 Å². The first-order valence-corrected chi connectivity index (χ1v) is 7.90. The molecule has 0 unspecified atom stereocenters. The highest BCUT2D eigenvalue weighted by molar-refractivity contribution is 5.44. The Morgan fingerprint density at radius 2 is 2.05 bits per heavy atom. The fraction of sp³-hybridized carbons (Fsp3) is 0.688. The van der Waals surface area contributed by atoms with Gasteiger partial charge in [-0.2, -0.15) is 0 Å². The molecule has 0 spiro atoms. The highest BCUT2D eigenvalue weighted by atomic mass is 19.3. The Morgan fingerprint density at radius 1 is 1.23 bits per heavy atom. The second-order valence-electron chi connectivity index (χ2n) is 5.09. The fourth-order valence-corrected chi connectivity index (χ4v) is 2.17. The van der Waals surface area contributed by atoms with Crippen molar-refractivity contribution in [1.29, 1.82) is 0 Å². The van der Waals surface area contributed by atoms with E-state index in [1.807, 2.05) is 7.05 Å². The third-order valence-corrected chi connectivity index (χ3v) is 3.36. The maximum absolute atomic E-state index is 11.8. The molecule has 6 heteroatoms. The summed E-state index contributed by atoms with van der Waals surface area (Å²) >= 11 is 0. The number of unbranched alkanes of at least 4 members (excludes halogenated alkanes) is 1. The van der Waals surface area contributed by atoms with Gasteiger partial charge in [-0.05, 0) is 43.9 Å². The van der Waals surface area contributed by atoms with Crippen LogP contribution >= 0.6 is 0 Å². The van der Waals surface area contributed by atoms with Crippen molar-refractivity contribution in [3.63, 3.8) is 0 Å². The molecule has 1 aromatic rings. The average Bonchev–Trinajstić information content (AvgIpc) is 2.52. The molecule has 0 amide bonds. The van der Waals surface area contributed by atoms with E-state index in [0.29, 0.717) is 13.2 Å². The Hall–Kier alpha value is -1.27. The van der Waals surface area contributed by atoms with Gasteiger partial charge in [0.2, 0.25) is 0 Å². The second kappa shape index (κ2) is 11.3. The molecule has 0 radical (unpaired) electrons. The van der Waals surface area contributed by atoms with Crippen LogP contribution < -0.4 is 10.6 Å². The summed E-state index contributed by atoms with van der Waals surface area (Å²) in [5.41, 5.74) is 2.33. The number of hydrogen-bond donors (Lipinski definition) is 2. The van der Waals surface area contributed by atoms with E-state index in [9.17, 15) is 8.78 Å². The van der Waals surface area contributed by atoms with Gasteiger partial charge in [0.15, 0.2) is 0 Å². The topological polar surface area (TPSA) is 46.2 Å². The molecule has 0 saturated heterocycles. The van der Waals surface area contributed by atoms with Gasteiger partial charge in [0.05, 0.1) is 6.61 Å². The van der Waals surface area contributed by atoms with Crippen molar-refractivity contribution in [2.45, 2.75) is 39.0 Å². The largest absolute Gasteiger partial charge is 0.374 e. The van der Waals surface area contributed by atoms with E-state index in [1.54, 1.807) is 0 Å². The number of aryl methyl sites for hydroxylation is 2. The third kappa shape index (κ3) is 7.66. The van der Waals surface area contributed by atoms with E-state index in [4.69, 9.17) is 4.74 Å². The van der Waals surface area contributed by atoms with Gasteiger partial charge in [-0.25, -0.2) is 13.8 Å². The minimum atomic E-state index is -2.38. The van der Waals surface area contributed by atoms with Crippen LogP contribution in [0.3, 0.4) is 0 Å². The molecular weight excluding hydrogens is 288 g/mol. The molecule has 0 aliphatic heterocycles. The third-order valence-electron chi connectivity index (χ3n) is 3.36. The molecule has 0 bridgehead atoms. The smallest absolute Gasteiger partial charge is 0.261 e. The Labute approximate surface area is 131 Å². The van der Waals surface area contributed by atoms with Crippen LogP contribution in [0.5, 0.6) is 0 Å². The van der Waals surface area contributed by atoms with Crippen LogP contribution in [0.25, 0.3) is 0 Å². The number of halogens is 2. The standard InChI is InChI=1S/C16H27F2N3O/c1-3-13-7-8-14(21-16(13)19-2)6-4-5-9-20-10-11-22-12-15(17)18/h7-8,15,20H,3-6,9-12H2,1-2H3,(H,19,21). The predicted molar refractivity (Wildman–Crippen MR) is 85.8 cm³/mol. The molecule has 0 saturated carbocycles. The summed E-state index contributed by atoms with van der Waals surface area (Å²) in [4.78, 5) is 4.61. The number of nitrogens with one attached hydrogen (secondary N) is 2. The van der Waals surface area contributed by atoms with Crippen LogP contribution in [0.2, 0.25) is 0 Å². The SMILES string of the molecule is CCc1ccc(CCCCNCCOCC(F)F)nc1NC. The lowest BCUT2D eigenvalue weighted by atomic mass is 10.1. The number of alkyl halides is 2. The first kappa shape index (κ1) is 18.8. The van der Waals surface area contributed by atoms with Gasteiger partial charge < -0.3 is 15.4 Å². The number of rotatable bonds is 12. The number of pyridine rings is 1. The van der Waals surface area contributed by atoms with Crippen LogP contribution in [0.1, 0.15) is 31.0 Å². The summed E-state index contributed by atoms with van der Waals surface area (Å²) in [7, 11) is 1.89. The lowest BCUT2D eigenvalue weighted by Crippen LogP contribution is -2.22. The lowest BCUT2D eigenvalue weighted by molar-refractivity contribution is 0.0188. The summed E-state index contributed by atoms with van der Waals surface area (Å²) < 4.78 is 28.4. The Kier molecular flexibility index (Phi) is 9.66. The molecule has 2 N–H and O–H groups in total. The van der Waals surface area contributed by atoms with Gasteiger partial charge >= 0.3 is 0 Å². The number of hydrogen-bond acceptors (Lipinski definition) is 4. The molecule has 0 aliphatic rings. The van der Waals surface area contributed by atoms with E-state index >= 15 is 0 Å². The molecule has 1 aromatic heterocycles. The van der Waals surface area contributed by atoms with Gasteiger partial charge in [-0.15, -0.1) is 0 Å². The van der Waals surface area contributed by atoms with Crippen molar-refractivity contribution in [3.8, 4) is 0 Å². The van der Waals surface area contributed by atoms with Crippen molar-refractivity contribution in [3.05, 3.63) is 23.4 Å². The summed E-state index contributed by atoms with van der Waals surface area (Å²) in [5.74, 6) is 0.967. The van der Waals surface area contributed by atoms with Crippen LogP contribution in [-0.4, -0.2) is 44.8 Å². The van der Waals surface area contributed by atoms with Gasteiger partial charge in [0.25, 0.3) is 6.43 Å². The zero-order chi connectivity index (χ0) is 16.2. The van der Waals surface area contributed by atoms with Crippen LogP contribution in [0.4, 0.5) is 14.6 Å². The number of aromatic nitrogens is 1. The minimum absolute atomic E-state index is 0.329. The highest BCUT2D eigenvalue weighted by Gasteiger charge is 2.03. The second-order valence-corrected chi connectivity index (χ2v) is 5.09. The van der Waals surface area contributed by atoms with E-state index in [-0.39, 0.29) is 0 Å². The fourth-order valence-electron chi connectivity index (χ4n) is 2.17. The quantitative estimate of drug-likeness (QED) is 0.582. The minimum Gasteiger partial charge on any atom is -0.374 e. The van der Waals surface area contributed by atoms with Gasteiger partial charge in [-0.3, -0.25) is 0 Å². The normalized spacial score (nSPS) is 11.1. The summed E-state index contributed by atoms with van der Waals surface area (Å²) in [6.07, 6.45) is 1.62. The average molecular weight is 315 g/mol. The zero-order valence-electron chi connectivity index (χ0n) is 13.5. The maximum Gasteiger partial charge on any atom is 0.261 e. The Morgan fingerprint density at radius 3 is 2.73 bits per heavy atom. The van der Waals surface area contributed by atoms with Crippen molar-refractivity contribution in [1.82, 2.24) is 10.3 Å². The summed E-state index contributed by atoms with van der Waals surface area (Å²) in [6, 6.07) is 4.22. The van der Waals surface area contributed by atoms with E-state index in [1.165, 1.54) is 5.56 Å². The van der Waals surface area contributed by atoms with Crippen molar-refractivity contribution < 1.29 is 13.5 Å². The summed E-state index contributed by atoms with van der Waals surface area (Å²) in [5, 5.41) is 6.32. The maximum atomic E-state index is 11.8. The van der Waals surface area contributed by atoms with E-state index in [2.05, 4.69) is 34.7 Å². The molecule has 1 rings (SSSR count). The Bertz CT molecular complexity index is 416. The number of ether oxygens (including phenoxy) is 1. The molecular formula is C16H27F2N3O. The predicted octanol–water partition coefficient (Wildman–Crippen LogP) is 2.88. The van der Waals surface area contributed by atoms with E-state index in [0.717, 1.165) is 43.7 Å². The molecule has 0 aliphatic carbocycles. The first-order chi connectivity index (χ1) is 10.7. The Balaban J connectivity index is 2.10. The van der Waals surface area contributed by atoms with Crippen LogP contribution in [0.15, 0.2) is 12.1 Å². The molecule has 0 aromatic carbocycles. The van der Waals surface area contributed by atoms with Crippen molar-refractivity contribution in [2.24, 2.45) is 0 Å². The highest BCUT2D eigenvalue weighted by Crippen LogP contribution is 2.14. The lowest BCUT2D eigenvalue weighted by Gasteiger charge is -2.09. The molecule has 0 atom stereocenters. The molecule has 126 valence electrons. The molecule has 22 heavy (non-hydrogen) atoms. The van der Waals surface area contributed by atoms with Gasteiger partial charge in [-0.1, -0.05) is 13.0 Å². The molecule has 1 heterocycles. The van der Waals surface area contributed by atoms with Gasteiger partial charge in [0.1, 0.15) is 12.4 Å². The zero-order valence-corrected chi connectivity index (χ0v) is 13.5. The summed E-state index contributed by atoms with van der Waals surface area (Å²) in [6.45, 7) is 3.45. The van der Waals surface area contributed by atoms with E-state index < -0.39 is 13.0 Å². The van der Waals surface area contributed by atoms with Gasteiger partial charge in [0, 0.05) is 19.3 Å². The molecule has 4 nitrogen and oxygen atoms in total. The number of nitrogens with zero attached hydrogens (tertiary/aromatic N) is 1. The number of anilines is 1. The van der Waals surface area contributed by atoms with Crippen LogP contribution in [0, 0.1) is 0 Å². The first-order valence-electron chi connectivity index (χ1n) is 7.90. The van der Waals surface area contributed by atoms with Crippen molar-refractivity contribution in [2.75, 3.05) is 38.7 Å². The van der Waals surface area contributed by atoms with Crippen LogP contribution in [-0.2, 0) is 17.6 Å². The monoisotopic (exact) mass is 315 g/mol.